The molecule has 0 aromatic heterocycles. The summed E-state index contributed by atoms with van der Waals surface area (Å²) in [5.41, 5.74) is 8.11. The van der Waals surface area contributed by atoms with Crippen molar-refractivity contribution in [3.05, 3.63) is 29.3 Å². The van der Waals surface area contributed by atoms with Crippen LogP contribution in [0.3, 0.4) is 0 Å². The van der Waals surface area contributed by atoms with Crippen LogP contribution in [0.4, 0.5) is 0 Å². The van der Waals surface area contributed by atoms with Gasteiger partial charge in [0.25, 0.3) is 0 Å². The van der Waals surface area contributed by atoms with Crippen LogP contribution in [0.2, 0.25) is 0 Å². The van der Waals surface area contributed by atoms with E-state index in [0.717, 1.165) is 30.4 Å². The lowest BCUT2D eigenvalue weighted by Gasteiger charge is -2.29. The molecule has 2 N–H and O–H groups in total. The summed E-state index contributed by atoms with van der Waals surface area (Å²) in [4.78, 5) is 0.445. The number of benzene rings is 1. The number of nitrogens with zero attached hydrogens (tertiary/aromatic N) is 1. The molecule has 1 aromatic rings. The van der Waals surface area contributed by atoms with Crippen LogP contribution in [0.25, 0.3) is 0 Å². The molecule has 0 radical (unpaired) electrons. The maximum absolute atomic E-state index is 12.9. The maximum Gasteiger partial charge on any atom is 0.243 e. The average Bonchev–Trinajstić information content (AvgIpc) is 2.84. The SMILES string of the molecule is Cc1ccc(S(=O)(=O)N2CC3CCCC(N)C3C2)c(C)c1. The largest absolute Gasteiger partial charge is 0.327 e. The fraction of sp³-hybridized carbons (Fsp3) is 0.625. The minimum Gasteiger partial charge on any atom is -0.327 e. The summed E-state index contributed by atoms with van der Waals surface area (Å²) in [5.74, 6) is 0.772. The van der Waals surface area contributed by atoms with Gasteiger partial charge in [0.2, 0.25) is 10.0 Å². The molecule has 1 saturated carbocycles. The highest BCUT2D eigenvalue weighted by molar-refractivity contribution is 7.89. The van der Waals surface area contributed by atoms with Crippen molar-refractivity contribution in [3.63, 3.8) is 0 Å². The molecule has 4 nitrogen and oxygen atoms in total. The summed E-state index contributed by atoms with van der Waals surface area (Å²) in [7, 11) is -3.39. The first kappa shape index (κ1) is 15.0. The molecule has 1 saturated heterocycles. The first-order valence-electron chi connectivity index (χ1n) is 7.72. The Morgan fingerprint density at radius 1 is 1.19 bits per heavy atom. The van der Waals surface area contributed by atoms with Gasteiger partial charge in [0.1, 0.15) is 0 Å². The van der Waals surface area contributed by atoms with Crippen molar-refractivity contribution in [1.82, 2.24) is 4.31 Å². The molecule has 1 aliphatic carbocycles. The summed E-state index contributed by atoms with van der Waals surface area (Å²) in [6.45, 7) is 5.07. The second kappa shape index (κ2) is 5.38. The van der Waals surface area contributed by atoms with E-state index in [9.17, 15) is 8.42 Å². The van der Waals surface area contributed by atoms with E-state index in [1.165, 1.54) is 0 Å². The van der Waals surface area contributed by atoms with Crippen LogP contribution in [-0.4, -0.2) is 31.9 Å². The van der Waals surface area contributed by atoms with Gasteiger partial charge in [-0.15, -0.1) is 0 Å². The number of hydrogen-bond donors (Lipinski definition) is 1. The Balaban J connectivity index is 1.89. The van der Waals surface area contributed by atoms with E-state index < -0.39 is 10.0 Å². The standard InChI is InChI=1S/C16H24N2O2S/c1-11-6-7-16(12(2)8-11)21(19,20)18-9-13-4-3-5-15(17)14(13)10-18/h6-8,13-15H,3-5,9-10,17H2,1-2H3. The zero-order valence-corrected chi connectivity index (χ0v) is 13.6. The molecule has 1 aliphatic heterocycles. The highest BCUT2D eigenvalue weighted by atomic mass is 32.2. The van der Waals surface area contributed by atoms with E-state index in [2.05, 4.69) is 0 Å². The molecule has 116 valence electrons. The van der Waals surface area contributed by atoms with E-state index in [0.29, 0.717) is 29.8 Å². The summed E-state index contributed by atoms with van der Waals surface area (Å²) in [6.07, 6.45) is 3.26. The van der Waals surface area contributed by atoms with Crippen molar-refractivity contribution < 1.29 is 8.42 Å². The number of nitrogens with two attached hydrogens (primary N) is 1. The fourth-order valence-electron chi connectivity index (χ4n) is 3.90. The first-order valence-corrected chi connectivity index (χ1v) is 9.16. The van der Waals surface area contributed by atoms with Gasteiger partial charge in [0.15, 0.2) is 0 Å². The second-order valence-electron chi connectivity index (χ2n) is 6.61. The minimum absolute atomic E-state index is 0.156. The summed E-state index contributed by atoms with van der Waals surface area (Å²) in [5, 5.41) is 0. The van der Waals surface area contributed by atoms with E-state index in [1.807, 2.05) is 26.0 Å². The zero-order valence-electron chi connectivity index (χ0n) is 12.7. The molecule has 2 fully saturated rings. The average molecular weight is 308 g/mol. The molecule has 3 unspecified atom stereocenters. The smallest absolute Gasteiger partial charge is 0.243 e. The summed E-state index contributed by atoms with van der Waals surface area (Å²) < 4.78 is 27.5. The molecule has 3 atom stereocenters. The van der Waals surface area contributed by atoms with Gasteiger partial charge in [-0.3, -0.25) is 0 Å². The highest BCUT2D eigenvalue weighted by Crippen LogP contribution is 2.38. The molecule has 0 bridgehead atoms. The van der Waals surface area contributed by atoms with Crippen molar-refractivity contribution in [2.45, 2.75) is 44.0 Å². The third kappa shape index (κ3) is 2.62. The lowest BCUT2D eigenvalue weighted by molar-refractivity contribution is 0.260. The van der Waals surface area contributed by atoms with Crippen LogP contribution < -0.4 is 5.73 Å². The Bertz CT molecular complexity index is 642. The van der Waals surface area contributed by atoms with E-state index >= 15 is 0 Å². The van der Waals surface area contributed by atoms with Gasteiger partial charge >= 0.3 is 0 Å². The first-order chi connectivity index (χ1) is 9.89. The van der Waals surface area contributed by atoms with Gasteiger partial charge in [-0.25, -0.2) is 8.42 Å². The molecule has 5 heteroatoms. The van der Waals surface area contributed by atoms with Crippen LogP contribution in [0.15, 0.2) is 23.1 Å². The zero-order chi connectivity index (χ0) is 15.2. The number of rotatable bonds is 2. The van der Waals surface area contributed by atoms with Gasteiger partial charge in [0, 0.05) is 19.1 Å². The number of aryl methyl sites for hydroxylation is 2. The third-order valence-corrected chi connectivity index (χ3v) is 7.06. The van der Waals surface area contributed by atoms with Crippen LogP contribution in [0.1, 0.15) is 30.4 Å². The number of hydrogen-bond acceptors (Lipinski definition) is 3. The molecule has 21 heavy (non-hydrogen) atoms. The quantitative estimate of drug-likeness (QED) is 0.909. The maximum atomic E-state index is 12.9. The minimum atomic E-state index is -3.39. The number of sulfonamides is 1. The third-order valence-electron chi connectivity index (χ3n) is 5.07. The molecular weight excluding hydrogens is 284 g/mol. The molecule has 1 heterocycles. The van der Waals surface area contributed by atoms with Crippen molar-refractivity contribution in [3.8, 4) is 0 Å². The van der Waals surface area contributed by atoms with Gasteiger partial charge in [-0.2, -0.15) is 4.31 Å². The summed E-state index contributed by atoms with van der Waals surface area (Å²) in [6, 6.07) is 5.70. The Hall–Kier alpha value is -0.910. The lowest BCUT2D eigenvalue weighted by atomic mass is 9.78. The van der Waals surface area contributed by atoms with Crippen LogP contribution >= 0.6 is 0 Å². The van der Waals surface area contributed by atoms with Gasteiger partial charge in [-0.05, 0) is 50.2 Å². The molecule has 0 spiro atoms. The van der Waals surface area contributed by atoms with Crippen molar-refractivity contribution in [1.29, 1.82) is 0 Å². The normalized spacial score (nSPS) is 30.3. The van der Waals surface area contributed by atoms with E-state index in [4.69, 9.17) is 5.73 Å². The summed E-state index contributed by atoms with van der Waals surface area (Å²) >= 11 is 0. The second-order valence-corrected chi connectivity index (χ2v) is 8.52. The van der Waals surface area contributed by atoms with Gasteiger partial charge in [-0.1, -0.05) is 24.1 Å². The Morgan fingerprint density at radius 2 is 1.95 bits per heavy atom. The molecule has 3 rings (SSSR count). The van der Waals surface area contributed by atoms with E-state index in [1.54, 1.807) is 10.4 Å². The van der Waals surface area contributed by atoms with Crippen molar-refractivity contribution in [2.75, 3.05) is 13.1 Å². The lowest BCUT2D eigenvalue weighted by Crippen LogP contribution is -2.38. The molecule has 0 amide bonds. The fourth-order valence-corrected chi connectivity index (χ4v) is 5.64. The molecule has 2 aliphatic rings. The van der Waals surface area contributed by atoms with Crippen molar-refractivity contribution in [2.24, 2.45) is 17.6 Å². The molecule has 1 aromatic carbocycles. The molecular formula is C16H24N2O2S. The Labute approximate surface area is 127 Å². The van der Waals surface area contributed by atoms with Gasteiger partial charge in [0.05, 0.1) is 4.90 Å². The van der Waals surface area contributed by atoms with Gasteiger partial charge < -0.3 is 5.73 Å². The predicted octanol–water partition coefficient (Wildman–Crippen LogP) is 2.05. The topological polar surface area (TPSA) is 63.4 Å². The highest BCUT2D eigenvalue weighted by Gasteiger charge is 2.43. The van der Waals surface area contributed by atoms with Crippen LogP contribution in [0.5, 0.6) is 0 Å². The van der Waals surface area contributed by atoms with Crippen LogP contribution in [0, 0.1) is 25.7 Å². The number of fused-ring (bicyclic) bond motifs is 1. The Morgan fingerprint density at radius 3 is 2.62 bits per heavy atom. The predicted molar refractivity (Wildman–Crippen MR) is 83.5 cm³/mol. The van der Waals surface area contributed by atoms with Crippen LogP contribution in [-0.2, 0) is 10.0 Å². The van der Waals surface area contributed by atoms with Crippen molar-refractivity contribution >= 4 is 10.0 Å². The monoisotopic (exact) mass is 308 g/mol. The van der Waals surface area contributed by atoms with E-state index in [-0.39, 0.29) is 6.04 Å². The Kier molecular flexibility index (Phi) is 3.84.